The van der Waals surface area contributed by atoms with Gasteiger partial charge in [0.1, 0.15) is 5.75 Å². The third-order valence-electron chi connectivity index (χ3n) is 3.76. The summed E-state index contributed by atoms with van der Waals surface area (Å²) in [7, 11) is 0. The topological polar surface area (TPSA) is 77.5 Å². The Morgan fingerprint density at radius 3 is 2.74 bits per heavy atom. The van der Waals surface area contributed by atoms with Crippen LogP contribution in [0.25, 0.3) is 10.9 Å². The smallest absolute Gasteiger partial charge is 0.344 e. The van der Waals surface area contributed by atoms with Crippen LogP contribution in [-0.2, 0) is 14.3 Å². The Balaban J connectivity index is 1.57. The van der Waals surface area contributed by atoms with Gasteiger partial charge in [0.15, 0.2) is 12.7 Å². The average molecular weight is 385 g/mol. The van der Waals surface area contributed by atoms with Crippen LogP contribution >= 0.6 is 11.6 Å². The third kappa shape index (κ3) is 4.74. The van der Waals surface area contributed by atoms with Gasteiger partial charge in [-0.2, -0.15) is 0 Å². The molecule has 3 rings (SSSR count). The number of amides is 1. The Hall–Kier alpha value is -3.12. The van der Waals surface area contributed by atoms with Crippen LogP contribution in [0.5, 0.6) is 5.75 Å². The first-order chi connectivity index (χ1) is 13.0. The molecular formula is C20H17ClN2O4. The molecule has 1 unspecified atom stereocenters. The minimum absolute atomic E-state index is 0.348. The zero-order chi connectivity index (χ0) is 19.2. The average Bonchev–Trinajstić information content (AvgIpc) is 2.67. The minimum atomic E-state index is -0.987. The normalized spacial score (nSPS) is 11.6. The number of hydrogen-bond donors (Lipinski definition) is 1. The summed E-state index contributed by atoms with van der Waals surface area (Å²) < 4.78 is 10.4. The number of carbonyl (C=O) groups is 2. The molecule has 1 heterocycles. The number of rotatable bonds is 6. The fourth-order valence-corrected chi connectivity index (χ4v) is 2.62. The molecule has 0 saturated heterocycles. The Morgan fingerprint density at radius 2 is 1.93 bits per heavy atom. The second kappa shape index (κ2) is 8.51. The number of benzene rings is 2. The standard InChI is InChI=1S/C20H17ClN2O4/c1-13(27-19(24)12-26-18-10-3-2-7-15(18)21)20(25)23-17-9-4-8-16-14(17)6-5-11-22-16/h2-11,13H,12H2,1H3,(H,23,25). The van der Waals surface area contributed by atoms with Crippen molar-refractivity contribution in [1.29, 1.82) is 0 Å². The summed E-state index contributed by atoms with van der Waals surface area (Å²) in [6, 6.07) is 15.8. The number of pyridine rings is 1. The summed E-state index contributed by atoms with van der Waals surface area (Å²) in [6.07, 6.45) is 0.691. The lowest BCUT2D eigenvalue weighted by Gasteiger charge is -2.15. The summed E-state index contributed by atoms with van der Waals surface area (Å²) >= 11 is 5.96. The number of aromatic nitrogens is 1. The van der Waals surface area contributed by atoms with E-state index >= 15 is 0 Å². The van der Waals surface area contributed by atoms with Gasteiger partial charge in [0.25, 0.3) is 5.91 Å². The molecule has 0 aliphatic heterocycles. The number of para-hydroxylation sites is 1. The molecule has 7 heteroatoms. The number of esters is 1. The van der Waals surface area contributed by atoms with Gasteiger partial charge in [-0.15, -0.1) is 0 Å². The van der Waals surface area contributed by atoms with Gasteiger partial charge in [0.05, 0.1) is 16.2 Å². The van der Waals surface area contributed by atoms with Gasteiger partial charge in [-0.05, 0) is 43.3 Å². The van der Waals surface area contributed by atoms with E-state index in [0.717, 1.165) is 10.9 Å². The highest BCUT2D eigenvalue weighted by Crippen LogP contribution is 2.23. The first-order valence-electron chi connectivity index (χ1n) is 8.26. The summed E-state index contributed by atoms with van der Waals surface area (Å²) in [5.41, 5.74) is 1.36. The predicted octanol–water partition coefficient (Wildman–Crippen LogP) is 3.84. The summed E-state index contributed by atoms with van der Waals surface area (Å²) in [5, 5.41) is 3.94. The van der Waals surface area contributed by atoms with Crippen molar-refractivity contribution in [2.45, 2.75) is 13.0 Å². The van der Waals surface area contributed by atoms with E-state index in [1.807, 2.05) is 12.1 Å². The first-order valence-corrected chi connectivity index (χ1v) is 8.64. The number of anilines is 1. The van der Waals surface area contributed by atoms with Gasteiger partial charge >= 0.3 is 5.97 Å². The lowest BCUT2D eigenvalue weighted by Crippen LogP contribution is -2.31. The number of nitrogens with zero attached hydrogens (tertiary/aromatic N) is 1. The van der Waals surface area contributed by atoms with Crippen molar-refractivity contribution in [3.05, 3.63) is 65.8 Å². The van der Waals surface area contributed by atoms with E-state index < -0.39 is 18.0 Å². The SMILES string of the molecule is CC(OC(=O)COc1ccccc1Cl)C(=O)Nc1cccc2ncccc12. The van der Waals surface area contributed by atoms with Crippen LogP contribution in [0.2, 0.25) is 5.02 Å². The van der Waals surface area contributed by atoms with Crippen LogP contribution in [0.1, 0.15) is 6.92 Å². The summed E-state index contributed by atoms with van der Waals surface area (Å²) in [4.78, 5) is 28.5. The molecule has 0 aliphatic carbocycles. The maximum absolute atomic E-state index is 12.3. The fourth-order valence-electron chi connectivity index (χ4n) is 2.43. The van der Waals surface area contributed by atoms with E-state index in [9.17, 15) is 9.59 Å². The molecule has 6 nitrogen and oxygen atoms in total. The Labute approximate surface area is 161 Å². The summed E-state index contributed by atoms with van der Waals surface area (Å²) in [6.45, 7) is 1.14. The number of nitrogens with one attached hydrogen (secondary N) is 1. The van der Waals surface area contributed by atoms with Crippen molar-refractivity contribution in [2.75, 3.05) is 11.9 Å². The fraction of sp³-hybridized carbons (Fsp3) is 0.150. The number of halogens is 1. The third-order valence-corrected chi connectivity index (χ3v) is 4.08. The molecule has 3 aromatic rings. The van der Waals surface area contributed by atoms with Gasteiger partial charge in [0, 0.05) is 11.6 Å². The zero-order valence-corrected chi connectivity index (χ0v) is 15.3. The maximum atomic E-state index is 12.3. The summed E-state index contributed by atoms with van der Waals surface area (Å²) in [5.74, 6) is -0.744. The van der Waals surface area contributed by atoms with Crippen molar-refractivity contribution >= 4 is 40.1 Å². The molecule has 0 aliphatic rings. The predicted molar refractivity (Wildman–Crippen MR) is 103 cm³/mol. The number of fused-ring (bicyclic) bond motifs is 1. The number of ether oxygens (including phenoxy) is 2. The van der Waals surface area contributed by atoms with Crippen molar-refractivity contribution in [2.24, 2.45) is 0 Å². The van der Waals surface area contributed by atoms with E-state index in [1.165, 1.54) is 6.92 Å². The molecule has 0 saturated carbocycles. The molecular weight excluding hydrogens is 368 g/mol. The first kappa shape index (κ1) is 18.7. The maximum Gasteiger partial charge on any atom is 0.344 e. The van der Waals surface area contributed by atoms with Gasteiger partial charge < -0.3 is 14.8 Å². The van der Waals surface area contributed by atoms with E-state index in [2.05, 4.69) is 10.3 Å². The lowest BCUT2D eigenvalue weighted by atomic mass is 10.2. The van der Waals surface area contributed by atoms with Gasteiger partial charge in [0.2, 0.25) is 0 Å². The van der Waals surface area contributed by atoms with Crippen LogP contribution < -0.4 is 10.1 Å². The Bertz CT molecular complexity index is 972. The molecule has 1 aromatic heterocycles. The molecule has 1 N–H and O–H groups in total. The number of carbonyl (C=O) groups excluding carboxylic acids is 2. The Kier molecular flexibility index (Phi) is 5.88. The van der Waals surface area contributed by atoms with E-state index in [-0.39, 0.29) is 6.61 Å². The second-order valence-electron chi connectivity index (χ2n) is 5.72. The second-order valence-corrected chi connectivity index (χ2v) is 6.12. The molecule has 1 atom stereocenters. The van der Waals surface area contributed by atoms with Crippen LogP contribution in [0.3, 0.4) is 0 Å². The molecule has 0 bridgehead atoms. The van der Waals surface area contributed by atoms with Crippen molar-refractivity contribution in [3.8, 4) is 5.75 Å². The molecule has 2 aromatic carbocycles. The van der Waals surface area contributed by atoms with E-state index in [0.29, 0.717) is 16.5 Å². The largest absolute Gasteiger partial charge is 0.480 e. The van der Waals surface area contributed by atoms with Crippen molar-refractivity contribution in [1.82, 2.24) is 4.98 Å². The highest BCUT2D eigenvalue weighted by molar-refractivity contribution is 6.32. The number of hydrogen-bond acceptors (Lipinski definition) is 5. The monoisotopic (exact) mass is 384 g/mol. The van der Waals surface area contributed by atoms with Gasteiger partial charge in [-0.1, -0.05) is 29.8 Å². The van der Waals surface area contributed by atoms with Gasteiger partial charge in [-0.3, -0.25) is 9.78 Å². The molecule has 0 spiro atoms. The molecule has 0 fully saturated rings. The van der Waals surface area contributed by atoms with Gasteiger partial charge in [-0.25, -0.2) is 4.79 Å². The highest BCUT2D eigenvalue weighted by atomic mass is 35.5. The van der Waals surface area contributed by atoms with Crippen LogP contribution in [0, 0.1) is 0 Å². The van der Waals surface area contributed by atoms with Crippen LogP contribution in [0.15, 0.2) is 60.8 Å². The van der Waals surface area contributed by atoms with Crippen molar-refractivity contribution in [3.63, 3.8) is 0 Å². The quantitative estimate of drug-likeness (QED) is 0.653. The zero-order valence-electron chi connectivity index (χ0n) is 14.5. The van der Waals surface area contributed by atoms with Crippen LogP contribution in [-0.4, -0.2) is 29.6 Å². The van der Waals surface area contributed by atoms with Crippen molar-refractivity contribution < 1.29 is 19.1 Å². The molecule has 138 valence electrons. The van der Waals surface area contributed by atoms with E-state index in [1.54, 1.807) is 48.7 Å². The lowest BCUT2D eigenvalue weighted by molar-refractivity contribution is -0.155. The molecule has 1 amide bonds. The molecule has 0 radical (unpaired) electrons. The highest BCUT2D eigenvalue weighted by Gasteiger charge is 2.19. The minimum Gasteiger partial charge on any atom is -0.480 e. The Morgan fingerprint density at radius 1 is 1.11 bits per heavy atom. The molecule has 27 heavy (non-hydrogen) atoms. The van der Waals surface area contributed by atoms with E-state index in [4.69, 9.17) is 21.1 Å². The van der Waals surface area contributed by atoms with Crippen LogP contribution in [0.4, 0.5) is 5.69 Å².